The Hall–Kier alpha value is -3.06. The Labute approximate surface area is 178 Å². The van der Waals surface area contributed by atoms with E-state index >= 15 is 0 Å². The number of hydrogen-bond donors (Lipinski definition) is 0. The summed E-state index contributed by atoms with van der Waals surface area (Å²) in [4.78, 5) is 28.9. The summed E-state index contributed by atoms with van der Waals surface area (Å²) in [6.07, 6.45) is -0.648. The first kappa shape index (κ1) is 23.2. The van der Waals surface area contributed by atoms with Crippen molar-refractivity contribution in [2.45, 2.75) is 13.0 Å². The number of esters is 2. The van der Waals surface area contributed by atoms with Gasteiger partial charge in [0.2, 0.25) is 0 Å². The van der Waals surface area contributed by atoms with Gasteiger partial charge < -0.3 is 24.0 Å². The minimum Gasteiger partial charge on any atom is -0.465 e. The lowest BCUT2D eigenvalue weighted by Crippen LogP contribution is -2.19. The SMILES string of the molecule is CCOC(c1ccc(N(C)C)cc1C(=O)OC)c1ccc(N(C)C)cc1C(=O)OC. The van der Waals surface area contributed by atoms with Gasteiger partial charge in [-0.3, -0.25) is 0 Å². The average Bonchev–Trinajstić information content (AvgIpc) is 2.75. The van der Waals surface area contributed by atoms with Crippen LogP contribution in [0.15, 0.2) is 36.4 Å². The van der Waals surface area contributed by atoms with Crippen LogP contribution in [0.3, 0.4) is 0 Å². The third-order valence-electron chi connectivity index (χ3n) is 4.82. The van der Waals surface area contributed by atoms with Gasteiger partial charge in [-0.25, -0.2) is 9.59 Å². The van der Waals surface area contributed by atoms with Crippen molar-refractivity contribution in [3.05, 3.63) is 58.7 Å². The molecule has 0 fully saturated rings. The molecule has 162 valence electrons. The highest BCUT2D eigenvalue weighted by Crippen LogP contribution is 2.35. The lowest BCUT2D eigenvalue weighted by Gasteiger charge is -2.25. The van der Waals surface area contributed by atoms with Crippen LogP contribution in [-0.2, 0) is 14.2 Å². The van der Waals surface area contributed by atoms with Crippen LogP contribution in [0.2, 0.25) is 0 Å². The summed E-state index contributed by atoms with van der Waals surface area (Å²) in [5, 5.41) is 0. The van der Waals surface area contributed by atoms with Gasteiger partial charge in [-0.05, 0) is 42.3 Å². The van der Waals surface area contributed by atoms with Gasteiger partial charge in [0, 0.05) is 46.2 Å². The van der Waals surface area contributed by atoms with Gasteiger partial charge in [-0.2, -0.15) is 0 Å². The number of carbonyl (C=O) groups excluding carboxylic acids is 2. The van der Waals surface area contributed by atoms with Crippen LogP contribution in [0.5, 0.6) is 0 Å². The van der Waals surface area contributed by atoms with Gasteiger partial charge >= 0.3 is 11.9 Å². The molecule has 7 heteroatoms. The molecular formula is C23H30N2O5. The van der Waals surface area contributed by atoms with E-state index in [1.54, 1.807) is 12.1 Å². The molecule has 0 unspecified atom stereocenters. The second-order valence-electron chi connectivity index (χ2n) is 7.15. The second kappa shape index (κ2) is 10.1. The molecule has 0 aliphatic rings. The number of rotatable bonds is 8. The third-order valence-corrected chi connectivity index (χ3v) is 4.82. The molecule has 0 aliphatic heterocycles. The van der Waals surface area contributed by atoms with E-state index in [1.165, 1.54) is 14.2 Å². The number of benzene rings is 2. The molecule has 2 rings (SSSR count). The van der Waals surface area contributed by atoms with Crippen LogP contribution < -0.4 is 9.80 Å². The van der Waals surface area contributed by atoms with Crippen molar-refractivity contribution in [1.82, 2.24) is 0 Å². The van der Waals surface area contributed by atoms with Crippen LogP contribution in [0.4, 0.5) is 11.4 Å². The topological polar surface area (TPSA) is 68.3 Å². The summed E-state index contributed by atoms with van der Waals surface area (Å²) in [5.41, 5.74) is 3.72. The molecular weight excluding hydrogens is 384 g/mol. The maximum absolute atomic E-state index is 12.6. The van der Waals surface area contributed by atoms with Crippen molar-refractivity contribution < 1.29 is 23.8 Å². The summed E-state index contributed by atoms with van der Waals surface area (Å²) in [6.45, 7) is 2.25. The highest BCUT2D eigenvalue weighted by molar-refractivity contribution is 5.94. The Morgan fingerprint density at radius 2 is 1.20 bits per heavy atom. The monoisotopic (exact) mass is 414 g/mol. The van der Waals surface area contributed by atoms with Gasteiger partial charge in [0.25, 0.3) is 0 Å². The minimum atomic E-state index is -0.648. The van der Waals surface area contributed by atoms with Gasteiger partial charge in [-0.15, -0.1) is 0 Å². The number of hydrogen-bond acceptors (Lipinski definition) is 7. The molecule has 0 aliphatic carbocycles. The van der Waals surface area contributed by atoms with Gasteiger partial charge in [0.15, 0.2) is 0 Å². The van der Waals surface area contributed by atoms with Crippen LogP contribution in [0, 0.1) is 0 Å². The lowest BCUT2D eigenvalue weighted by molar-refractivity contribution is 0.0572. The average molecular weight is 415 g/mol. The normalized spacial score (nSPS) is 10.7. The predicted molar refractivity (Wildman–Crippen MR) is 118 cm³/mol. The number of carbonyl (C=O) groups is 2. The Bertz CT molecular complexity index is 837. The van der Waals surface area contributed by atoms with E-state index in [2.05, 4.69) is 0 Å². The number of ether oxygens (including phenoxy) is 3. The quantitative estimate of drug-likeness (QED) is 0.612. The third kappa shape index (κ3) is 4.91. The molecule has 0 saturated heterocycles. The van der Waals surface area contributed by atoms with Crippen molar-refractivity contribution in [2.24, 2.45) is 0 Å². The predicted octanol–water partition coefficient (Wildman–Crippen LogP) is 3.52. The van der Waals surface area contributed by atoms with Gasteiger partial charge in [0.05, 0.1) is 25.3 Å². The van der Waals surface area contributed by atoms with Crippen molar-refractivity contribution >= 4 is 23.3 Å². The minimum absolute atomic E-state index is 0.384. The molecule has 0 bridgehead atoms. The first-order valence-electron chi connectivity index (χ1n) is 9.65. The summed E-state index contributed by atoms with van der Waals surface area (Å²) < 4.78 is 16.1. The molecule has 0 heterocycles. The summed E-state index contributed by atoms with van der Waals surface area (Å²) in [6, 6.07) is 11.0. The fourth-order valence-corrected chi connectivity index (χ4v) is 3.19. The van der Waals surface area contributed by atoms with E-state index in [0.29, 0.717) is 28.9 Å². The smallest absolute Gasteiger partial charge is 0.338 e. The highest BCUT2D eigenvalue weighted by Gasteiger charge is 2.27. The number of nitrogens with zero attached hydrogens (tertiary/aromatic N) is 2. The maximum Gasteiger partial charge on any atom is 0.338 e. The summed E-state index contributed by atoms with van der Waals surface area (Å²) >= 11 is 0. The molecule has 0 spiro atoms. The second-order valence-corrected chi connectivity index (χ2v) is 7.15. The molecule has 0 radical (unpaired) electrons. The zero-order valence-electron chi connectivity index (χ0n) is 18.7. The summed E-state index contributed by atoms with van der Waals surface area (Å²) in [7, 11) is 10.3. The van der Waals surface area contributed by atoms with Crippen LogP contribution in [0.1, 0.15) is 44.9 Å². The Morgan fingerprint density at radius 3 is 1.50 bits per heavy atom. The van der Waals surface area contributed by atoms with Crippen LogP contribution in [-0.4, -0.2) is 61.0 Å². The zero-order valence-corrected chi connectivity index (χ0v) is 18.7. The molecule has 0 saturated carbocycles. The number of anilines is 2. The van der Waals surface area contributed by atoms with E-state index in [4.69, 9.17) is 14.2 Å². The van der Waals surface area contributed by atoms with Crippen molar-refractivity contribution in [3.8, 4) is 0 Å². The Morgan fingerprint density at radius 1 is 0.800 bits per heavy atom. The molecule has 2 aromatic carbocycles. The lowest BCUT2D eigenvalue weighted by atomic mass is 9.92. The van der Waals surface area contributed by atoms with E-state index in [9.17, 15) is 9.59 Å². The number of methoxy groups -OCH3 is 2. The van der Waals surface area contributed by atoms with Crippen molar-refractivity contribution in [3.63, 3.8) is 0 Å². The first-order valence-corrected chi connectivity index (χ1v) is 9.65. The molecule has 0 amide bonds. The van der Waals surface area contributed by atoms with E-state index in [1.807, 2.05) is 69.2 Å². The Kier molecular flexibility index (Phi) is 7.83. The standard InChI is InChI=1S/C23H30N2O5/c1-8-30-21(17-11-9-15(24(2)3)13-19(17)22(26)28-6)18-12-10-16(25(4)5)14-20(18)23(27)29-7/h9-14,21H,8H2,1-7H3. The van der Waals surface area contributed by atoms with Crippen LogP contribution >= 0.6 is 0 Å². The summed E-state index contributed by atoms with van der Waals surface area (Å²) in [5.74, 6) is -0.939. The molecule has 0 N–H and O–H groups in total. The zero-order chi connectivity index (χ0) is 22.4. The molecule has 7 nitrogen and oxygen atoms in total. The van der Waals surface area contributed by atoms with E-state index in [0.717, 1.165) is 11.4 Å². The van der Waals surface area contributed by atoms with Crippen molar-refractivity contribution in [1.29, 1.82) is 0 Å². The van der Waals surface area contributed by atoms with Gasteiger partial charge in [-0.1, -0.05) is 12.1 Å². The fourth-order valence-electron chi connectivity index (χ4n) is 3.19. The fraction of sp³-hybridized carbons (Fsp3) is 0.391. The molecule has 0 aromatic heterocycles. The molecule has 30 heavy (non-hydrogen) atoms. The molecule has 0 atom stereocenters. The Balaban J connectivity index is 2.74. The maximum atomic E-state index is 12.6. The van der Waals surface area contributed by atoms with Gasteiger partial charge in [0.1, 0.15) is 6.10 Å². The molecule has 2 aromatic rings. The van der Waals surface area contributed by atoms with Crippen molar-refractivity contribution in [2.75, 3.05) is 58.8 Å². The highest BCUT2D eigenvalue weighted by atomic mass is 16.5. The largest absolute Gasteiger partial charge is 0.465 e. The van der Waals surface area contributed by atoms with E-state index < -0.39 is 18.0 Å². The first-order chi connectivity index (χ1) is 14.2. The van der Waals surface area contributed by atoms with Crippen LogP contribution in [0.25, 0.3) is 0 Å². The van der Waals surface area contributed by atoms with E-state index in [-0.39, 0.29) is 0 Å².